The Kier molecular flexibility index (Phi) is 6.10. The van der Waals surface area contributed by atoms with Gasteiger partial charge in [0.05, 0.1) is 0 Å². The number of hydrogen-bond acceptors (Lipinski definition) is 0. The lowest BCUT2D eigenvalue weighted by Gasteiger charge is -2.37. The molecule has 0 saturated heterocycles. The van der Waals surface area contributed by atoms with Crippen molar-refractivity contribution >= 4 is 0 Å². The highest BCUT2D eigenvalue weighted by molar-refractivity contribution is 5.46. The maximum Gasteiger partial charge on any atom is -0.0218 e. The molecule has 0 heteroatoms. The van der Waals surface area contributed by atoms with Crippen molar-refractivity contribution in [1.82, 2.24) is 0 Å². The average molecular weight is 260 g/mol. The average Bonchev–Trinajstić information content (AvgIpc) is 2.39. The summed E-state index contributed by atoms with van der Waals surface area (Å²) < 4.78 is 0. The van der Waals surface area contributed by atoms with Crippen LogP contribution in [0, 0.1) is 5.41 Å². The summed E-state index contributed by atoms with van der Waals surface area (Å²) in [6, 6.07) is 0. The second-order valence-corrected chi connectivity index (χ2v) is 6.48. The van der Waals surface area contributed by atoms with E-state index in [0.717, 1.165) is 6.42 Å². The Morgan fingerprint density at radius 1 is 1.00 bits per heavy atom. The quantitative estimate of drug-likeness (QED) is 0.472. The molecule has 1 aliphatic carbocycles. The third kappa shape index (κ3) is 4.09. The molecule has 1 rings (SSSR count). The van der Waals surface area contributed by atoms with Gasteiger partial charge in [0.25, 0.3) is 0 Å². The van der Waals surface area contributed by atoms with E-state index < -0.39 is 0 Å². The largest absolute Gasteiger partial charge is 0.0955 e. The molecular weight excluding hydrogens is 228 g/mol. The summed E-state index contributed by atoms with van der Waals surface area (Å²) in [5, 5.41) is 0. The van der Waals surface area contributed by atoms with Gasteiger partial charge in [-0.3, -0.25) is 0 Å². The summed E-state index contributed by atoms with van der Waals surface area (Å²) in [6.45, 7) is 17.4. The maximum absolute atomic E-state index is 4.24. The molecule has 0 aromatic heterocycles. The van der Waals surface area contributed by atoms with Gasteiger partial charge < -0.3 is 0 Å². The van der Waals surface area contributed by atoms with Gasteiger partial charge in [-0.25, -0.2) is 0 Å². The Bertz CT molecular complexity index is 361. The van der Waals surface area contributed by atoms with E-state index in [-0.39, 0.29) is 0 Å². The first-order valence-corrected chi connectivity index (χ1v) is 7.99. The molecule has 0 unspecified atom stereocenters. The summed E-state index contributed by atoms with van der Waals surface area (Å²) >= 11 is 0. The summed E-state index contributed by atoms with van der Waals surface area (Å²) in [5.41, 5.74) is 5.87. The van der Waals surface area contributed by atoms with Crippen LogP contribution in [-0.4, -0.2) is 0 Å². The van der Waals surface area contributed by atoms with Gasteiger partial charge in [0.2, 0.25) is 0 Å². The van der Waals surface area contributed by atoms with Gasteiger partial charge in [0.15, 0.2) is 0 Å². The molecule has 0 bridgehead atoms. The Labute approximate surface area is 120 Å². The molecule has 0 aromatic rings. The zero-order valence-electron chi connectivity index (χ0n) is 13.6. The van der Waals surface area contributed by atoms with Crippen molar-refractivity contribution in [3.8, 4) is 0 Å². The van der Waals surface area contributed by atoms with Crippen molar-refractivity contribution in [3.05, 3.63) is 35.5 Å². The fraction of sp³-hybridized carbons (Fsp3) is 0.684. The number of hydrogen-bond donors (Lipinski definition) is 0. The minimum Gasteiger partial charge on any atom is -0.0955 e. The van der Waals surface area contributed by atoms with Crippen LogP contribution in [0.15, 0.2) is 35.5 Å². The molecule has 108 valence electrons. The number of rotatable bonds is 6. The highest BCUT2D eigenvalue weighted by Gasteiger charge is 2.30. The van der Waals surface area contributed by atoms with E-state index in [1.54, 1.807) is 0 Å². The summed E-state index contributed by atoms with van der Waals surface area (Å²) in [7, 11) is 0. The molecule has 0 atom stereocenters. The smallest absolute Gasteiger partial charge is 0.0218 e. The van der Waals surface area contributed by atoms with Crippen LogP contribution < -0.4 is 0 Å². The maximum atomic E-state index is 4.24. The molecule has 0 amide bonds. The Morgan fingerprint density at radius 3 is 2.00 bits per heavy atom. The fourth-order valence-electron chi connectivity index (χ4n) is 3.75. The van der Waals surface area contributed by atoms with E-state index >= 15 is 0 Å². The van der Waals surface area contributed by atoms with E-state index in [1.165, 1.54) is 67.2 Å². The lowest BCUT2D eigenvalue weighted by molar-refractivity contribution is 0.179. The zero-order chi connectivity index (χ0) is 14.5. The predicted molar refractivity (Wildman–Crippen MR) is 87.4 cm³/mol. The first kappa shape index (κ1) is 16.3. The molecule has 0 spiro atoms. The van der Waals surface area contributed by atoms with E-state index in [9.17, 15) is 0 Å². The molecule has 0 aromatic carbocycles. The summed E-state index contributed by atoms with van der Waals surface area (Å²) in [4.78, 5) is 0. The molecule has 0 aliphatic heterocycles. The minimum absolute atomic E-state index is 0.553. The minimum atomic E-state index is 0.553. The van der Waals surface area contributed by atoms with Crippen molar-refractivity contribution in [2.75, 3.05) is 0 Å². The third-order valence-electron chi connectivity index (χ3n) is 4.94. The zero-order valence-corrected chi connectivity index (χ0v) is 13.6. The van der Waals surface area contributed by atoms with E-state index in [1.807, 2.05) is 0 Å². The van der Waals surface area contributed by atoms with Crippen LogP contribution >= 0.6 is 0 Å². The van der Waals surface area contributed by atoms with Crippen LogP contribution in [0.5, 0.6) is 0 Å². The van der Waals surface area contributed by atoms with Crippen LogP contribution in [0.3, 0.4) is 0 Å². The molecular formula is C19H32. The highest BCUT2D eigenvalue weighted by atomic mass is 14.4. The van der Waals surface area contributed by atoms with Crippen molar-refractivity contribution in [3.63, 3.8) is 0 Å². The van der Waals surface area contributed by atoms with E-state index in [0.29, 0.717) is 5.41 Å². The van der Waals surface area contributed by atoms with Gasteiger partial charge in [-0.1, -0.05) is 63.8 Å². The normalized spacial score (nSPS) is 19.8. The first-order chi connectivity index (χ1) is 8.95. The summed E-state index contributed by atoms with van der Waals surface area (Å²) in [5.74, 6) is 0. The predicted octanol–water partition coefficient (Wildman–Crippen LogP) is 6.60. The van der Waals surface area contributed by atoms with Gasteiger partial charge in [0, 0.05) is 0 Å². The number of allylic oxidation sites excluding steroid dienone is 4. The van der Waals surface area contributed by atoms with Gasteiger partial charge in [0.1, 0.15) is 0 Å². The Morgan fingerprint density at radius 2 is 1.58 bits per heavy atom. The summed E-state index contributed by atoms with van der Waals surface area (Å²) in [6.07, 6.45) is 10.7. The molecule has 0 heterocycles. The van der Waals surface area contributed by atoms with Gasteiger partial charge in [-0.15, -0.1) is 0 Å². The van der Waals surface area contributed by atoms with E-state index in [2.05, 4.69) is 40.9 Å². The van der Waals surface area contributed by atoms with Crippen LogP contribution in [0.2, 0.25) is 0 Å². The monoisotopic (exact) mass is 260 g/mol. The van der Waals surface area contributed by atoms with E-state index in [4.69, 9.17) is 0 Å². The standard InChI is InChI=1S/C19H32/c1-7-16(5)18(15(3)4)17(6)14-19(8-2)12-10-9-11-13-19/h3,5,7-14H2,1-2,4,6H3/b18-17+. The van der Waals surface area contributed by atoms with Crippen molar-refractivity contribution in [1.29, 1.82) is 0 Å². The first-order valence-electron chi connectivity index (χ1n) is 7.99. The second kappa shape index (κ2) is 7.12. The molecule has 1 fully saturated rings. The molecule has 1 saturated carbocycles. The van der Waals surface area contributed by atoms with Crippen molar-refractivity contribution in [2.45, 2.75) is 79.1 Å². The van der Waals surface area contributed by atoms with Crippen LogP contribution in [0.1, 0.15) is 79.1 Å². The highest BCUT2D eigenvalue weighted by Crippen LogP contribution is 2.45. The van der Waals surface area contributed by atoms with Crippen LogP contribution in [-0.2, 0) is 0 Å². The molecule has 19 heavy (non-hydrogen) atoms. The van der Waals surface area contributed by atoms with Gasteiger partial charge in [-0.2, -0.15) is 0 Å². The Balaban J connectivity index is 2.98. The SMILES string of the molecule is C=C(C)/C(C(=C)CC)=C(/C)CC1(CC)CCCCC1. The Hall–Kier alpha value is -0.780. The topological polar surface area (TPSA) is 0 Å². The second-order valence-electron chi connectivity index (χ2n) is 6.48. The van der Waals surface area contributed by atoms with Crippen LogP contribution in [0.4, 0.5) is 0 Å². The van der Waals surface area contributed by atoms with Crippen molar-refractivity contribution in [2.24, 2.45) is 5.41 Å². The molecule has 0 radical (unpaired) electrons. The van der Waals surface area contributed by atoms with Gasteiger partial charge >= 0.3 is 0 Å². The van der Waals surface area contributed by atoms with Crippen LogP contribution in [0.25, 0.3) is 0 Å². The lowest BCUT2D eigenvalue weighted by Crippen LogP contribution is -2.24. The molecule has 0 N–H and O–H groups in total. The molecule has 1 aliphatic rings. The fourth-order valence-corrected chi connectivity index (χ4v) is 3.75. The lowest BCUT2D eigenvalue weighted by atomic mass is 9.68. The van der Waals surface area contributed by atoms with Crippen molar-refractivity contribution < 1.29 is 0 Å². The molecule has 0 nitrogen and oxygen atoms in total. The third-order valence-corrected chi connectivity index (χ3v) is 4.94. The van der Waals surface area contributed by atoms with Gasteiger partial charge in [-0.05, 0) is 56.1 Å².